The lowest BCUT2D eigenvalue weighted by molar-refractivity contribution is 0.217. The summed E-state index contributed by atoms with van der Waals surface area (Å²) in [5.74, 6) is 0.776. The van der Waals surface area contributed by atoms with E-state index in [0.29, 0.717) is 5.69 Å². The van der Waals surface area contributed by atoms with Gasteiger partial charge >= 0.3 is 0 Å². The first-order valence-electron chi connectivity index (χ1n) is 5.52. The van der Waals surface area contributed by atoms with E-state index in [-0.39, 0.29) is 5.57 Å². The molecule has 4 nitrogen and oxygen atoms in total. The molecule has 1 aromatic heterocycles. The van der Waals surface area contributed by atoms with Crippen LogP contribution >= 0.6 is 11.3 Å². The lowest BCUT2D eigenvalue weighted by Crippen LogP contribution is -1.99. The first kappa shape index (κ1) is 13.3. The van der Waals surface area contributed by atoms with Crippen LogP contribution in [0.2, 0.25) is 0 Å². The molecule has 1 aromatic carbocycles. The Morgan fingerprint density at radius 1 is 1.47 bits per heavy atom. The molecule has 0 spiro atoms. The fraction of sp³-hybridized carbons (Fsp3) is 0.143. The Kier molecular flexibility index (Phi) is 3.95. The molecule has 0 fully saturated rings. The third-order valence-corrected chi connectivity index (χ3v) is 3.52. The maximum atomic E-state index is 9.83. The van der Waals surface area contributed by atoms with Gasteiger partial charge in [-0.15, -0.1) is 11.3 Å². The Labute approximate surface area is 115 Å². The highest BCUT2D eigenvalue weighted by Gasteiger charge is 2.15. The number of hydrogen-bond donors (Lipinski definition) is 1. The predicted octanol–water partition coefficient (Wildman–Crippen LogP) is 2.93. The molecule has 5 heteroatoms. The highest BCUT2D eigenvalue weighted by atomic mass is 32.1. The molecule has 0 bridgehead atoms. The molecule has 2 aromatic rings. The number of nitriles is 1. The van der Waals surface area contributed by atoms with Gasteiger partial charge in [-0.2, -0.15) is 5.26 Å². The number of aliphatic hydroxyl groups excluding tert-OH is 1. The SMILES string of the molecule is C=C(C#N)C(O)c1csc(-c2ccc(OC)cc2)n1. The summed E-state index contributed by atoms with van der Waals surface area (Å²) >= 11 is 1.41. The quantitative estimate of drug-likeness (QED) is 0.869. The molecular formula is C14H12N2O2S. The number of nitrogens with zero attached hydrogens (tertiary/aromatic N) is 2. The highest BCUT2D eigenvalue weighted by Crippen LogP contribution is 2.29. The summed E-state index contributed by atoms with van der Waals surface area (Å²) in [7, 11) is 1.61. The monoisotopic (exact) mass is 272 g/mol. The number of aliphatic hydroxyl groups is 1. The molecule has 2 rings (SSSR count). The van der Waals surface area contributed by atoms with Crippen LogP contribution in [-0.2, 0) is 0 Å². The summed E-state index contributed by atoms with van der Waals surface area (Å²) < 4.78 is 5.09. The number of methoxy groups -OCH3 is 1. The number of benzene rings is 1. The summed E-state index contributed by atoms with van der Waals surface area (Å²) in [4.78, 5) is 4.32. The van der Waals surface area contributed by atoms with Crippen LogP contribution in [0.3, 0.4) is 0 Å². The maximum Gasteiger partial charge on any atom is 0.131 e. The zero-order valence-electron chi connectivity index (χ0n) is 10.3. The van der Waals surface area contributed by atoms with Gasteiger partial charge < -0.3 is 9.84 Å². The van der Waals surface area contributed by atoms with Crippen LogP contribution < -0.4 is 4.74 Å². The third-order valence-electron chi connectivity index (χ3n) is 2.61. The summed E-state index contributed by atoms with van der Waals surface area (Å²) in [6.07, 6.45) is -1.03. The first-order chi connectivity index (χ1) is 9.15. The molecule has 19 heavy (non-hydrogen) atoms. The van der Waals surface area contributed by atoms with E-state index < -0.39 is 6.10 Å². The molecule has 0 amide bonds. The number of thiazole rings is 1. The number of aromatic nitrogens is 1. The van der Waals surface area contributed by atoms with E-state index >= 15 is 0 Å². The molecule has 0 saturated carbocycles. The molecule has 0 aliphatic heterocycles. The van der Waals surface area contributed by atoms with E-state index in [9.17, 15) is 5.11 Å². The van der Waals surface area contributed by atoms with Gasteiger partial charge in [-0.1, -0.05) is 6.58 Å². The van der Waals surface area contributed by atoms with E-state index in [1.165, 1.54) is 11.3 Å². The normalized spacial score (nSPS) is 11.6. The number of hydrogen-bond acceptors (Lipinski definition) is 5. The van der Waals surface area contributed by atoms with Gasteiger partial charge in [-0.25, -0.2) is 4.98 Å². The minimum atomic E-state index is -1.03. The summed E-state index contributed by atoms with van der Waals surface area (Å²) in [5, 5.41) is 21.0. The van der Waals surface area contributed by atoms with Crippen LogP contribution in [0.1, 0.15) is 11.8 Å². The van der Waals surface area contributed by atoms with Gasteiger partial charge in [0.1, 0.15) is 16.9 Å². The lowest BCUT2D eigenvalue weighted by Gasteiger charge is -2.03. The van der Waals surface area contributed by atoms with Crippen molar-refractivity contribution in [1.82, 2.24) is 4.98 Å². The molecule has 1 unspecified atom stereocenters. The molecule has 0 aliphatic rings. The lowest BCUT2D eigenvalue weighted by atomic mass is 10.1. The van der Waals surface area contributed by atoms with Gasteiger partial charge in [0.2, 0.25) is 0 Å². The van der Waals surface area contributed by atoms with Crippen molar-refractivity contribution < 1.29 is 9.84 Å². The van der Waals surface area contributed by atoms with Crippen LogP contribution in [-0.4, -0.2) is 17.2 Å². The second-order valence-corrected chi connectivity index (χ2v) is 4.70. The van der Waals surface area contributed by atoms with Gasteiger partial charge in [-0.05, 0) is 24.3 Å². The van der Waals surface area contributed by atoms with Crippen molar-refractivity contribution in [2.24, 2.45) is 0 Å². The number of ether oxygens (including phenoxy) is 1. The summed E-state index contributed by atoms with van der Waals surface area (Å²) in [6, 6.07) is 9.32. The topological polar surface area (TPSA) is 66.1 Å². The van der Waals surface area contributed by atoms with Gasteiger partial charge in [0.15, 0.2) is 0 Å². The van der Waals surface area contributed by atoms with E-state index in [1.54, 1.807) is 12.5 Å². The Morgan fingerprint density at radius 2 is 2.16 bits per heavy atom. The Morgan fingerprint density at radius 3 is 2.74 bits per heavy atom. The summed E-state index contributed by atoms with van der Waals surface area (Å²) in [5.41, 5.74) is 1.47. The standard InChI is InChI=1S/C14H12N2O2S/c1-9(7-15)13(17)12-8-19-14(16-12)10-3-5-11(18-2)6-4-10/h3-6,8,13,17H,1H2,2H3. The second-order valence-electron chi connectivity index (χ2n) is 3.85. The van der Waals surface area contributed by atoms with Crippen molar-refractivity contribution >= 4 is 11.3 Å². The van der Waals surface area contributed by atoms with Gasteiger partial charge in [0.05, 0.1) is 24.4 Å². The minimum absolute atomic E-state index is 0.0894. The fourth-order valence-corrected chi connectivity index (χ4v) is 2.36. The van der Waals surface area contributed by atoms with Crippen molar-refractivity contribution in [3.05, 3.63) is 47.5 Å². The highest BCUT2D eigenvalue weighted by molar-refractivity contribution is 7.13. The molecule has 1 atom stereocenters. The van der Waals surface area contributed by atoms with Crippen LogP contribution in [0, 0.1) is 11.3 Å². The van der Waals surface area contributed by atoms with Crippen molar-refractivity contribution in [3.63, 3.8) is 0 Å². The maximum absolute atomic E-state index is 9.83. The number of rotatable bonds is 4. The minimum Gasteiger partial charge on any atom is -0.497 e. The smallest absolute Gasteiger partial charge is 0.131 e. The Bertz CT molecular complexity index is 626. The van der Waals surface area contributed by atoms with E-state index in [4.69, 9.17) is 10.00 Å². The molecule has 0 saturated heterocycles. The zero-order chi connectivity index (χ0) is 13.8. The summed E-state index contributed by atoms with van der Waals surface area (Å²) in [6.45, 7) is 3.49. The average Bonchev–Trinajstić information content (AvgIpc) is 2.95. The average molecular weight is 272 g/mol. The predicted molar refractivity (Wildman–Crippen MR) is 73.8 cm³/mol. The molecule has 96 valence electrons. The van der Waals surface area contributed by atoms with Crippen molar-refractivity contribution in [1.29, 1.82) is 5.26 Å². The van der Waals surface area contributed by atoms with Gasteiger partial charge in [-0.3, -0.25) is 0 Å². The Balaban J connectivity index is 2.25. The van der Waals surface area contributed by atoms with Crippen LogP contribution in [0.25, 0.3) is 10.6 Å². The van der Waals surface area contributed by atoms with Gasteiger partial charge in [0, 0.05) is 10.9 Å². The largest absolute Gasteiger partial charge is 0.497 e. The molecule has 0 radical (unpaired) electrons. The van der Waals surface area contributed by atoms with Crippen molar-refractivity contribution in [2.45, 2.75) is 6.10 Å². The second kappa shape index (κ2) is 5.65. The van der Waals surface area contributed by atoms with E-state index in [1.807, 2.05) is 30.3 Å². The molecule has 1 heterocycles. The zero-order valence-corrected chi connectivity index (χ0v) is 11.1. The third kappa shape index (κ3) is 2.81. The van der Waals surface area contributed by atoms with Crippen LogP contribution in [0.15, 0.2) is 41.8 Å². The first-order valence-corrected chi connectivity index (χ1v) is 6.40. The van der Waals surface area contributed by atoms with Crippen LogP contribution in [0.4, 0.5) is 0 Å². The van der Waals surface area contributed by atoms with E-state index in [2.05, 4.69) is 11.6 Å². The fourth-order valence-electron chi connectivity index (χ4n) is 1.52. The van der Waals surface area contributed by atoms with Crippen LogP contribution in [0.5, 0.6) is 5.75 Å². The molecular weight excluding hydrogens is 260 g/mol. The Hall–Kier alpha value is -2.16. The molecule has 0 aliphatic carbocycles. The van der Waals surface area contributed by atoms with Crippen molar-refractivity contribution in [3.8, 4) is 22.4 Å². The van der Waals surface area contributed by atoms with E-state index in [0.717, 1.165) is 16.3 Å². The van der Waals surface area contributed by atoms with Crippen molar-refractivity contribution in [2.75, 3.05) is 7.11 Å². The molecule has 1 N–H and O–H groups in total. The van der Waals surface area contributed by atoms with Gasteiger partial charge in [0.25, 0.3) is 0 Å².